The number of rotatable bonds is 5. The zero-order chi connectivity index (χ0) is 19.4. The third kappa shape index (κ3) is 4.44. The summed E-state index contributed by atoms with van der Waals surface area (Å²) in [7, 11) is 0. The Morgan fingerprint density at radius 2 is 1.81 bits per heavy atom. The first-order chi connectivity index (χ1) is 13.0. The number of nitrogens with one attached hydrogen (secondary N) is 1. The van der Waals surface area contributed by atoms with Crippen molar-refractivity contribution in [3.63, 3.8) is 0 Å². The van der Waals surface area contributed by atoms with Crippen LogP contribution in [-0.4, -0.2) is 15.7 Å². The molecule has 138 valence electrons. The van der Waals surface area contributed by atoms with Gasteiger partial charge in [-0.15, -0.1) is 0 Å². The highest BCUT2D eigenvalue weighted by Crippen LogP contribution is 2.17. The average molecular weight is 382 g/mol. The molecule has 0 saturated carbocycles. The average Bonchev–Trinajstić information content (AvgIpc) is 2.67. The van der Waals surface area contributed by atoms with E-state index in [1.165, 1.54) is 10.7 Å². The summed E-state index contributed by atoms with van der Waals surface area (Å²) >= 11 is 6.11. The van der Waals surface area contributed by atoms with Gasteiger partial charge in [-0.2, -0.15) is 5.10 Å². The molecule has 27 heavy (non-hydrogen) atoms. The van der Waals surface area contributed by atoms with Crippen molar-refractivity contribution in [3.05, 3.63) is 87.2 Å². The maximum Gasteiger partial charge on any atom is 0.267 e. The monoisotopic (exact) mass is 381 g/mol. The molecular formula is C21H20ClN3O2. The van der Waals surface area contributed by atoms with Crippen LogP contribution in [0.3, 0.4) is 0 Å². The summed E-state index contributed by atoms with van der Waals surface area (Å²) in [5, 5.41) is 7.78. The van der Waals surface area contributed by atoms with Gasteiger partial charge in [0.25, 0.3) is 5.56 Å². The molecule has 1 amide bonds. The number of carbonyl (C=O) groups is 1. The number of nitrogens with zero attached hydrogens (tertiary/aromatic N) is 2. The largest absolute Gasteiger partial charge is 0.350 e. The lowest BCUT2D eigenvalue weighted by Gasteiger charge is -2.15. The second-order valence-electron chi connectivity index (χ2n) is 6.35. The van der Waals surface area contributed by atoms with Crippen molar-refractivity contribution in [1.29, 1.82) is 0 Å². The summed E-state index contributed by atoms with van der Waals surface area (Å²) in [5.74, 6) is -0.300. The number of aromatic nitrogens is 2. The lowest BCUT2D eigenvalue weighted by atomic mass is 10.1. The first-order valence-corrected chi connectivity index (χ1v) is 9.01. The van der Waals surface area contributed by atoms with E-state index < -0.39 is 6.04 Å². The number of amides is 1. The smallest absolute Gasteiger partial charge is 0.267 e. The number of hydrogen-bond donors (Lipinski definition) is 1. The first kappa shape index (κ1) is 18.9. The van der Waals surface area contributed by atoms with Crippen molar-refractivity contribution in [2.45, 2.75) is 26.4 Å². The van der Waals surface area contributed by atoms with Gasteiger partial charge in [-0.1, -0.05) is 59.6 Å². The Hall–Kier alpha value is -2.92. The number of hydrogen-bond acceptors (Lipinski definition) is 3. The number of aryl methyl sites for hydroxylation is 1. The van der Waals surface area contributed by atoms with E-state index in [9.17, 15) is 9.59 Å². The van der Waals surface area contributed by atoms with E-state index in [2.05, 4.69) is 10.4 Å². The third-order valence-electron chi connectivity index (χ3n) is 4.33. The normalized spacial score (nSPS) is 11.8. The molecule has 5 nitrogen and oxygen atoms in total. The van der Waals surface area contributed by atoms with E-state index in [1.807, 2.05) is 49.4 Å². The molecule has 1 atom stereocenters. The van der Waals surface area contributed by atoms with Gasteiger partial charge in [0.15, 0.2) is 0 Å². The van der Waals surface area contributed by atoms with Crippen molar-refractivity contribution in [3.8, 4) is 11.3 Å². The third-order valence-corrected chi connectivity index (χ3v) is 4.70. The van der Waals surface area contributed by atoms with Gasteiger partial charge >= 0.3 is 0 Å². The number of benzene rings is 2. The van der Waals surface area contributed by atoms with Crippen LogP contribution in [0.4, 0.5) is 0 Å². The van der Waals surface area contributed by atoms with Crippen LogP contribution in [0.1, 0.15) is 24.1 Å². The summed E-state index contributed by atoms with van der Waals surface area (Å²) < 4.78 is 1.21. The lowest BCUT2D eigenvalue weighted by molar-refractivity contribution is -0.124. The Bertz CT molecular complexity index is 1010. The molecule has 0 radical (unpaired) electrons. The molecule has 1 N–H and O–H groups in total. The van der Waals surface area contributed by atoms with Crippen LogP contribution < -0.4 is 10.9 Å². The second-order valence-corrected chi connectivity index (χ2v) is 6.76. The molecule has 2 aromatic carbocycles. The summed E-state index contributed by atoms with van der Waals surface area (Å²) in [6, 6.07) is 17.5. The van der Waals surface area contributed by atoms with Crippen LogP contribution in [0, 0.1) is 6.92 Å². The Balaban J connectivity index is 1.79. The molecule has 6 heteroatoms. The van der Waals surface area contributed by atoms with Gasteiger partial charge in [0, 0.05) is 23.2 Å². The minimum Gasteiger partial charge on any atom is -0.350 e. The van der Waals surface area contributed by atoms with Crippen molar-refractivity contribution in [2.75, 3.05) is 0 Å². The van der Waals surface area contributed by atoms with Crippen molar-refractivity contribution >= 4 is 17.5 Å². The Morgan fingerprint density at radius 3 is 2.52 bits per heavy atom. The zero-order valence-corrected chi connectivity index (χ0v) is 15.9. The lowest BCUT2D eigenvalue weighted by Crippen LogP contribution is -2.36. The quantitative estimate of drug-likeness (QED) is 0.732. The molecule has 0 bridgehead atoms. The summed E-state index contributed by atoms with van der Waals surface area (Å²) in [5.41, 5.74) is 3.15. The molecule has 0 saturated heterocycles. The van der Waals surface area contributed by atoms with E-state index in [-0.39, 0.29) is 18.0 Å². The van der Waals surface area contributed by atoms with Gasteiger partial charge in [0.1, 0.15) is 6.04 Å². The molecule has 0 aliphatic rings. The highest BCUT2D eigenvalue weighted by molar-refractivity contribution is 6.31. The van der Waals surface area contributed by atoms with Gasteiger partial charge in [-0.05, 0) is 31.5 Å². The van der Waals surface area contributed by atoms with Crippen LogP contribution in [0.2, 0.25) is 5.02 Å². The highest BCUT2D eigenvalue weighted by Gasteiger charge is 2.18. The van der Waals surface area contributed by atoms with Gasteiger partial charge < -0.3 is 5.32 Å². The predicted molar refractivity (Wildman–Crippen MR) is 107 cm³/mol. The topological polar surface area (TPSA) is 64.0 Å². The number of halogens is 1. The fourth-order valence-electron chi connectivity index (χ4n) is 2.66. The molecule has 1 aromatic heterocycles. The molecule has 1 unspecified atom stereocenters. The summed E-state index contributed by atoms with van der Waals surface area (Å²) in [4.78, 5) is 24.7. The number of carbonyl (C=O) groups excluding carboxylic acids is 1. The van der Waals surface area contributed by atoms with Crippen molar-refractivity contribution in [2.24, 2.45) is 0 Å². The molecule has 0 fully saturated rings. The predicted octanol–water partition coefficient (Wildman–Crippen LogP) is 3.75. The Morgan fingerprint density at radius 1 is 1.11 bits per heavy atom. The minimum absolute atomic E-state index is 0.287. The summed E-state index contributed by atoms with van der Waals surface area (Å²) in [6.07, 6.45) is 0. The van der Waals surface area contributed by atoms with E-state index >= 15 is 0 Å². The maximum atomic E-state index is 12.5. The fraction of sp³-hybridized carbons (Fsp3) is 0.190. The van der Waals surface area contributed by atoms with Crippen LogP contribution in [0.25, 0.3) is 11.3 Å². The van der Waals surface area contributed by atoms with Gasteiger partial charge in [0.2, 0.25) is 5.91 Å². The molecule has 3 rings (SSSR count). The van der Waals surface area contributed by atoms with Gasteiger partial charge in [-0.25, -0.2) is 4.68 Å². The SMILES string of the molecule is Cc1ccc(-c2ccc(=O)n(C(C)C(=O)NCc3ccccc3Cl)n2)cc1. The Labute approximate surface area is 162 Å². The van der Waals surface area contributed by atoms with E-state index in [0.717, 1.165) is 16.7 Å². The maximum absolute atomic E-state index is 12.5. The van der Waals surface area contributed by atoms with E-state index in [4.69, 9.17) is 11.6 Å². The molecule has 1 heterocycles. The van der Waals surface area contributed by atoms with Gasteiger partial charge in [0.05, 0.1) is 5.69 Å². The van der Waals surface area contributed by atoms with E-state index in [1.54, 1.807) is 19.1 Å². The first-order valence-electron chi connectivity index (χ1n) is 8.64. The standard InChI is InChI=1S/C21H20ClN3O2/c1-14-7-9-16(10-8-14)19-11-12-20(26)25(24-19)15(2)21(27)23-13-17-5-3-4-6-18(17)22/h3-12,15H,13H2,1-2H3,(H,23,27). The van der Waals surface area contributed by atoms with Crippen LogP contribution in [-0.2, 0) is 11.3 Å². The minimum atomic E-state index is -0.745. The molecule has 0 aliphatic heterocycles. The highest BCUT2D eigenvalue weighted by atomic mass is 35.5. The zero-order valence-electron chi connectivity index (χ0n) is 15.1. The summed E-state index contributed by atoms with van der Waals surface area (Å²) in [6.45, 7) is 3.94. The fourth-order valence-corrected chi connectivity index (χ4v) is 2.87. The molecule has 0 spiro atoms. The molecular weight excluding hydrogens is 362 g/mol. The van der Waals surface area contributed by atoms with Crippen molar-refractivity contribution < 1.29 is 4.79 Å². The van der Waals surface area contributed by atoms with Gasteiger partial charge in [-0.3, -0.25) is 9.59 Å². The van der Waals surface area contributed by atoms with Crippen LogP contribution in [0.15, 0.2) is 65.5 Å². The van der Waals surface area contributed by atoms with Crippen LogP contribution >= 0.6 is 11.6 Å². The molecule has 0 aliphatic carbocycles. The Kier molecular flexibility index (Phi) is 5.72. The van der Waals surface area contributed by atoms with E-state index in [0.29, 0.717) is 10.7 Å². The van der Waals surface area contributed by atoms with Crippen molar-refractivity contribution in [1.82, 2.24) is 15.1 Å². The molecule has 3 aromatic rings. The van der Waals surface area contributed by atoms with Crippen LogP contribution in [0.5, 0.6) is 0 Å². The second kappa shape index (κ2) is 8.18.